The van der Waals surface area contributed by atoms with Crippen molar-refractivity contribution in [2.24, 2.45) is 0 Å². The molecule has 0 saturated heterocycles. The molecule has 3 N–H and O–H groups in total. The van der Waals surface area contributed by atoms with Gasteiger partial charge in [-0.1, -0.05) is 29.3 Å². The Kier molecular flexibility index (Phi) is 3.93. The number of nitrogens with zero attached hydrogens (tertiary/aromatic N) is 1. The molecule has 0 radical (unpaired) electrons. The molecule has 0 bridgehead atoms. The molecule has 19 heavy (non-hydrogen) atoms. The van der Waals surface area contributed by atoms with Gasteiger partial charge in [-0.15, -0.1) is 0 Å². The molecule has 1 heterocycles. The molecule has 1 aromatic heterocycles. The van der Waals surface area contributed by atoms with Gasteiger partial charge in [0.1, 0.15) is 5.82 Å². The summed E-state index contributed by atoms with van der Waals surface area (Å²) in [6.07, 6.45) is 0. The van der Waals surface area contributed by atoms with Gasteiger partial charge in [0.25, 0.3) is 5.91 Å². The highest BCUT2D eigenvalue weighted by Gasteiger charge is 2.11. The van der Waals surface area contributed by atoms with Gasteiger partial charge in [0.15, 0.2) is 0 Å². The van der Waals surface area contributed by atoms with E-state index in [1.807, 2.05) is 0 Å². The number of nitrogens with two attached hydrogens (primary N) is 1. The first kappa shape index (κ1) is 13.6. The third-order valence-electron chi connectivity index (χ3n) is 2.44. The molecule has 4 nitrogen and oxygen atoms in total. The Morgan fingerprint density at radius 3 is 2.74 bits per heavy atom. The molecule has 0 unspecified atom stereocenters. The normalized spacial score (nSPS) is 10.3. The maximum absolute atomic E-state index is 12.1. The zero-order chi connectivity index (χ0) is 14.0. The number of nitrogens with one attached hydrogen (secondary N) is 1. The molecule has 1 aromatic carbocycles. The van der Waals surface area contributed by atoms with Crippen LogP contribution in [-0.2, 0) is 0 Å². The van der Waals surface area contributed by atoms with Gasteiger partial charge in [-0.3, -0.25) is 4.79 Å². The zero-order valence-corrected chi connectivity index (χ0v) is 11.6. The fourth-order valence-corrected chi connectivity index (χ4v) is 1.97. The second kappa shape index (κ2) is 5.47. The minimum Gasteiger partial charge on any atom is -0.384 e. The van der Waals surface area contributed by atoms with Crippen LogP contribution in [0.3, 0.4) is 0 Å². The van der Waals surface area contributed by atoms with Crippen molar-refractivity contribution in [2.45, 2.75) is 6.92 Å². The predicted molar refractivity (Wildman–Crippen MR) is 77.8 cm³/mol. The lowest BCUT2D eigenvalue weighted by atomic mass is 10.2. The van der Waals surface area contributed by atoms with Crippen LogP contribution < -0.4 is 11.1 Å². The molecule has 0 atom stereocenters. The fourth-order valence-electron chi connectivity index (χ4n) is 1.62. The lowest BCUT2D eigenvalue weighted by Gasteiger charge is -2.09. The van der Waals surface area contributed by atoms with Crippen molar-refractivity contribution in [3.05, 3.63) is 51.6 Å². The number of nitrogen functional groups attached to an aromatic ring is 1. The van der Waals surface area contributed by atoms with E-state index in [0.29, 0.717) is 32.8 Å². The van der Waals surface area contributed by atoms with Crippen molar-refractivity contribution in [3.8, 4) is 0 Å². The van der Waals surface area contributed by atoms with Crippen molar-refractivity contribution < 1.29 is 4.79 Å². The molecule has 0 spiro atoms. The topological polar surface area (TPSA) is 68.0 Å². The highest BCUT2D eigenvalue weighted by atomic mass is 35.5. The van der Waals surface area contributed by atoms with Crippen LogP contribution in [0, 0.1) is 6.92 Å². The van der Waals surface area contributed by atoms with Crippen LogP contribution >= 0.6 is 23.2 Å². The quantitative estimate of drug-likeness (QED) is 0.890. The second-order valence-electron chi connectivity index (χ2n) is 3.98. The molecule has 2 aromatic rings. The summed E-state index contributed by atoms with van der Waals surface area (Å²) in [6.45, 7) is 1.76. The summed E-state index contributed by atoms with van der Waals surface area (Å²) in [5.74, 6) is -0.0243. The Bertz CT molecular complexity index is 624. The Balaban J connectivity index is 2.28. The summed E-state index contributed by atoms with van der Waals surface area (Å²) in [6, 6.07) is 8.17. The van der Waals surface area contributed by atoms with E-state index in [1.165, 1.54) is 6.07 Å². The third kappa shape index (κ3) is 3.16. The van der Waals surface area contributed by atoms with Gasteiger partial charge in [-0.25, -0.2) is 4.98 Å². The van der Waals surface area contributed by atoms with E-state index < -0.39 is 0 Å². The van der Waals surface area contributed by atoms with Crippen LogP contribution in [0.2, 0.25) is 10.0 Å². The summed E-state index contributed by atoms with van der Waals surface area (Å²) in [5, 5.41) is 3.36. The number of anilines is 2. The molecule has 2 rings (SSSR count). The van der Waals surface area contributed by atoms with Gasteiger partial charge >= 0.3 is 0 Å². The maximum atomic E-state index is 12.1. The summed E-state index contributed by atoms with van der Waals surface area (Å²) in [7, 11) is 0. The number of aryl methyl sites for hydroxylation is 1. The molecular formula is C13H11Cl2N3O. The van der Waals surface area contributed by atoms with Crippen LogP contribution in [0.4, 0.5) is 11.5 Å². The highest BCUT2D eigenvalue weighted by molar-refractivity contribution is 6.44. The first-order valence-corrected chi connectivity index (χ1v) is 6.22. The number of hydrogen-bond donors (Lipinski definition) is 2. The molecule has 1 amide bonds. The van der Waals surface area contributed by atoms with Crippen LogP contribution in [0.15, 0.2) is 30.3 Å². The number of pyridine rings is 1. The number of aromatic nitrogens is 1. The van der Waals surface area contributed by atoms with E-state index in [1.54, 1.807) is 31.2 Å². The van der Waals surface area contributed by atoms with Gasteiger partial charge in [0.05, 0.1) is 15.7 Å². The lowest BCUT2D eigenvalue weighted by Crippen LogP contribution is -2.13. The number of halogens is 2. The molecular weight excluding hydrogens is 285 g/mol. The lowest BCUT2D eigenvalue weighted by molar-refractivity contribution is 0.102. The van der Waals surface area contributed by atoms with Gasteiger partial charge in [-0.05, 0) is 31.2 Å². The van der Waals surface area contributed by atoms with Crippen molar-refractivity contribution in [1.82, 2.24) is 4.98 Å². The van der Waals surface area contributed by atoms with Crippen molar-refractivity contribution in [2.75, 3.05) is 11.1 Å². The number of carbonyl (C=O) groups excluding carboxylic acids is 1. The predicted octanol–water partition coefficient (Wildman–Crippen LogP) is 3.53. The van der Waals surface area contributed by atoms with E-state index in [9.17, 15) is 4.79 Å². The standard InChI is InChI=1S/C13H11Cl2N3O/c1-7-5-8(6-11(16)17-7)13(19)18-10-4-2-3-9(14)12(10)15/h2-6H,1H3,(H2,16,17)(H,18,19). The summed E-state index contributed by atoms with van der Waals surface area (Å²) >= 11 is 11.9. The van der Waals surface area contributed by atoms with Gasteiger partial charge in [0.2, 0.25) is 0 Å². The fraction of sp³-hybridized carbons (Fsp3) is 0.0769. The molecule has 0 saturated carbocycles. The van der Waals surface area contributed by atoms with Crippen LogP contribution in [-0.4, -0.2) is 10.9 Å². The van der Waals surface area contributed by atoms with Crippen LogP contribution in [0.1, 0.15) is 16.1 Å². The Labute approximate surface area is 120 Å². The van der Waals surface area contributed by atoms with Crippen molar-refractivity contribution in [1.29, 1.82) is 0 Å². The van der Waals surface area contributed by atoms with Crippen LogP contribution in [0.5, 0.6) is 0 Å². The molecule has 0 aliphatic heterocycles. The molecule has 98 valence electrons. The zero-order valence-electron chi connectivity index (χ0n) is 10.1. The first-order valence-electron chi connectivity index (χ1n) is 5.47. The second-order valence-corrected chi connectivity index (χ2v) is 4.76. The minimum atomic E-state index is -0.318. The van der Waals surface area contributed by atoms with E-state index >= 15 is 0 Å². The number of hydrogen-bond acceptors (Lipinski definition) is 3. The summed E-state index contributed by atoms with van der Waals surface area (Å²) in [4.78, 5) is 16.1. The largest absolute Gasteiger partial charge is 0.384 e. The SMILES string of the molecule is Cc1cc(C(=O)Nc2cccc(Cl)c2Cl)cc(N)n1. The average Bonchev–Trinajstić information content (AvgIpc) is 2.33. The number of rotatable bonds is 2. The van der Waals surface area contributed by atoms with E-state index in [2.05, 4.69) is 10.3 Å². The minimum absolute atomic E-state index is 0.294. The van der Waals surface area contributed by atoms with Crippen LogP contribution in [0.25, 0.3) is 0 Å². The molecule has 0 aliphatic rings. The van der Waals surface area contributed by atoms with E-state index in [-0.39, 0.29) is 5.91 Å². The van der Waals surface area contributed by atoms with Gasteiger partial charge in [0, 0.05) is 11.3 Å². The summed E-state index contributed by atoms with van der Waals surface area (Å²) < 4.78 is 0. The van der Waals surface area contributed by atoms with E-state index in [0.717, 1.165) is 0 Å². The molecule has 0 fully saturated rings. The third-order valence-corrected chi connectivity index (χ3v) is 3.25. The Morgan fingerprint density at radius 2 is 2.05 bits per heavy atom. The monoisotopic (exact) mass is 295 g/mol. The smallest absolute Gasteiger partial charge is 0.255 e. The molecule has 6 heteroatoms. The number of amides is 1. The highest BCUT2D eigenvalue weighted by Crippen LogP contribution is 2.29. The van der Waals surface area contributed by atoms with Crippen molar-refractivity contribution >= 4 is 40.6 Å². The number of benzene rings is 1. The maximum Gasteiger partial charge on any atom is 0.255 e. The van der Waals surface area contributed by atoms with Crippen molar-refractivity contribution in [3.63, 3.8) is 0 Å². The number of carbonyl (C=O) groups is 1. The average molecular weight is 296 g/mol. The first-order chi connectivity index (χ1) is 8.97. The van der Waals surface area contributed by atoms with Gasteiger partial charge < -0.3 is 11.1 Å². The Hall–Kier alpha value is -1.78. The summed E-state index contributed by atoms with van der Waals surface area (Å²) in [5.41, 5.74) is 7.14. The van der Waals surface area contributed by atoms with Gasteiger partial charge in [-0.2, -0.15) is 0 Å². The van der Waals surface area contributed by atoms with E-state index in [4.69, 9.17) is 28.9 Å². The molecule has 0 aliphatic carbocycles. The Morgan fingerprint density at radius 1 is 1.32 bits per heavy atom.